The average Bonchev–Trinajstić information content (AvgIpc) is 2.55. The van der Waals surface area contributed by atoms with E-state index in [4.69, 9.17) is 5.73 Å². The highest BCUT2D eigenvalue weighted by molar-refractivity contribution is 5.39. The molecule has 0 amide bonds. The van der Waals surface area contributed by atoms with E-state index in [-0.39, 0.29) is 6.04 Å². The number of rotatable bonds is 4. The minimum Gasteiger partial charge on any atom is -0.327 e. The molecule has 0 heterocycles. The normalized spacial score (nSPS) is 21.7. The first-order valence-corrected chi connectivity index (χ1v) is 5.51. The Morgan fingerprint density at radius 3 is 2.53 bits per heavy atom. The molecule has 1 aliphatic carbocycles. The zero-order valence-corrected chi connectivity index (χ0v) is 9.79. The molecular formula is C14H21N. The lowest BCUT2D eigenvalue weighted by Gasteiger charge is -2.03. The van der Waals surface area contributed by atoms with Crippen molar-refractivity contribution in [2.75, 3.05) is 0 Å². The summed E-state index contributed by atoms with van der Waals surface area (Å²) in [5.41, 5.74) is 9.68. The smallest absolute Gasteiger partial charge is 0.0120 e. The molecule has 0 aromatic rings. The van der Waals surface area contributed by atoms with Gasteiger partial charge in [0.05, 0.1) is 0 Å². The van der Waals surface area contributed by atoms with Crippen molar-refractivity contribution in [2.24, 2.45) is 11.7 Å². The molecule has 0 aromatic carbocycles. The number of allylic oxidation sites excluding steroid dienone is 4. The fraction of sp³-hybridized carbons (Fsp3) is 0.429. The topological polar surface area (TPSA) is 26.0 Å². The van der Waals surface area contributed by atoms with E-state index >= 15 is 0 Å². The van der Waals surface area contributed by atoms with Crippen molar-refractivity contribution in [3.8, 4) is 0 Å². The second-order valence-electron chi connectivity index (χ2n) is 4.49. The highest BCUT2D eigenvalue weighted by atomic mass is 14.6. The molecule has 1 atom stereocenters. The summed E-state index contributed by atoms with van der Waals surface area (Å²) < 4.78 is 0. The first-order valence-electron chi connectivity index (χ1n) is 5.51. The van der Waals surface area contributed by atoms with Gasteiger partial charge >= 0.3 is 0 Å². The van der Waals surface area contributed by atoms with Crippen LogP contribution >= 0.6 is 0 Å². The summed E-state index contributed by atoms with van der Waals surface area (Å²) >= 11 is 0. The van der Waals surface area contributed by atoms with Gasteiger partial charge in [0, 0.05) is 6.04 Å². The number of hydrogen-bond donors (Lipinski definition) is 1. The third kappa shape index (κ3) is 3.21. The average molecular weight is 203 g/mol. The maximum Gasteiger partial charge on any atom is 0.0120 e. The summed E-state index contributed by atoms with van der Waals surface area (Å²) in [5, 5.41) is 0. The van der Waals surface area contributed by atoms with Gasteiger partial charge in [-0.2, -0.15) is 0 Å². The number of hydrogen-bond acceptors (Lipinski definition) is 1. The van der Waals surface area contributed by atoms with Gasteiger partial charge in [0.25, 0.3) is 0 Å². The Hall–Kier alpha value is -1.08. The Morgan fingerprint density at radius 2 is 2.00 bits per heavy atom. The van der Waals surface area contributed by atoms with Gasteiger partial charge in [0.2, 0.25) is 0 Å². The molecule has 0 bridgehead atoms. The van der Waals surface area contributed by atoms with Crippen LogP contribution in [0.2, 0.25) is 0 Å². The van der Waals surface area contributed by atoms with E-state index in [1.165, 1.54) is 11.1 Å². The SMILES string of the molecule is C=CC1=C(/C=C\C(=C)C(C)C)CC(N)C1. The molecule has 2 N–H and O–H groups in total. The van der Waals surface area contributed by atoms with E-state index in [1.807, 2.05) is 6.08 Å². The van der Waals surface area contributed by atoms with Crippen LogP contribution in [0.1, 0.15) is 26.7 Å². The van der Waals surface area contributed by atoms with E-state index < -0.39 is 0 Å². The Kier molecular flexibility index (Phi) is 4.10. The highest BCUT2D eigenvalue weighted by Gasteiger charge is 2.17. The standard InChI is InChI=1S/C14H21N/c1-5-12-8-14(15)9-13(12)7-6-11(4)10(2)3/h5-7,10,14H,1,4,8-9,15H2,2-3H3/b7-6-. The van der Waals surface area contributed by atoms with E-state index in [1.54, 1.807) is 0 Å². The molecule has 1 heteroatoms. The predicted octanol–water partition coefficient (Wildman–Crippen LogP) is 3.36. The zero-order valence-electron chi connectivity index (χ0n) is 9.79. The van der Waals surface area contributed by atoms with E-state index in [0.29, 0.717) is 5.92 Å². The summed E-state index contributed by atoms with van der Waals surface area (Å²) in [5.74, 6) is 0.504. The Bertz CT molecular complexity index is 318. The van der Waals surface area contributed by atoms with Gasteiger partial charge in [-0.15, -0.1) is 0 Å². The molecule has 1 aliphatic rings. The molecule has 0 saturated heterocycles. The maximum absolute atomic E-state index is 5.91. The molecule has 1 unspecified atom stereocenters. The van der Waals surface area contributed by atoms with Gasteiger partial charge < -0.3 is 5.73 Å². The minimum atomic E-state index is 0.268. The van der Waals surface area contributed by atoms with Gasteiger partial charge in [-0.1, -0.05) is 50.8 Å². The molecule has 82 valence electrons. The summed E-state index contributed by atoms with van der Waals surface area (Å²) in [6.45, 7) is 12.1. The molecule has 1 rings (SSSR count). The van der Waals surface area contributed by atoms with Crippen molar-refractivity contribution in [1.29, 1.82) is 0 Å². The third-order valence-corrected chi connectivity index (χ3v) is 2.86. The molecule has 0 aliphatic heterocycles. The maximum atomic E-state index is 5.91. The third-order valence-electron chi connectivity index (χ3n) is 2.86. The Morgan fingerprint density at radius 1 is 1.40 bits per heavy atom. The molecule has 15 heavy (non-hydrogen) atoms. The second-order valence-corrected chi connectivity index (χ2v) is 4.49. The van der Waals surface area contributed by atoms with Crippen LogP contribution in [-0.4, -0.2) is 6.04 Å². The van der Waals surface area contributed by atoms with Gasteiger partial charge in [0.1, 0.15) is 0 Å². The van der Waals surface area contributed by atoms with Crippen molar-refractivity contribution in [2.45, 2.75) is 32.7 Å². The molecule has 0 radical (unpaired) electrons. The van der Waals surface area contributed by atoms with Gasteiger partial charge in [0.15, 0.2) is 0 Å². The van der Waals surface area contributed by atoms with E-state index in [2.05, 4.69) is 39.2 Å². The van der Waals surface area contributed by atoms with Gasteiger partial charge in [-0.3, -0.25) is 0 Å². The van der Waals surface area contributed by atoms with Gasteiger partial charge in [-0.25, -0.2) is 0 Å². The lowest BCUT2D eigenvalue weighted by Crippen LogP contribution is -2.15. The lowest BCUT2D eigenvalue weighted by atomic mass is 10.0. The summed E-state index contributed by atoms with van der Waals surface area (Å²) in [4.78, 5) is 0. The summed E-state index contributed by atoms with van der Waals surface area (Å²) in [7, 11) is 0. The van der Waals surface area contributed by atoms with Crippen molar-refractivity contribution < 1.29 is 0 Å². The molecule has 0 fully saturated rings. The van der Waals surface area contributed by atoms with Crippen LogP contribution in [0.15, 0.2) is 48.1 Å². The van der Waals surface area contributed by atoms with Crippen LogP contribution in [0.25, 0.3) is 0 Å². The lowest BCUT2D eigenvalue weighted by molar-refractivity contribution is 0.719. The quantitative estimate of drug-likeness (QED) is 0.697. The molecule has 0 spiro atoms. The second kappa shape index (κ2) is 5.13. The Labute approximate surface area is 93.1 Å². The van der Waals surface area contributed by atoms with Crippen molar-refractivity contribution in [3.05, 3.63) is 48.1 Å². The molecule has 1 nitrogen and oxygen atoms in total. The first kappa shape index (κ1) is 12.0. The molecular weight excluding hydrogens is 182 g/mol. The van der Waals surface area contributed by atoms with Crippen molar-refractivity contribution in [1.82, 2.24) is 0 Å². The van der Waals surface area contributed by atoms with Crippen LogP contribution in [0, 0.1) is 5.92 Å². The fourth-order valence-corrected chi connectivity index (χ4v) is 1.69. The van der Waals surface area contributed by atoms with Crippen LogP contribution in [0.4, 0.5) is 0 Å². The minimum absolute atomic E-state index is 0.268. The molecule has 0 saturated carbocycles. The Balaban J connectivity index is 2.72. The zero-order chi connectivity index (χ0) is 11.4. The van der Waals surface area contributed by atoms with E-state index in [0.717, 1.165) is 18.4 Å². The van der Waals surface area contributed by atoms with Crippen LogP contribution in [0.3, 0.4) is 0 Å². The van der Waals surface area contributed by atoms with Crippen LogP contribution in [0.5, 0.6) is 0 Å². The van der Waals surface area contributed by atoms with E-state index in [9.17, 15) is 0 Å². The fourth-order valence-electron chi connectivity index (χ4n) is 1.69. The largest absolute Gasteiger partial charge is 0.327 e. The van der Waals surface area contributed by atoms with Gasteiger partial charge in [-0.05, 0) is 29.9 Å². The first-order chi connectivity index (χ1) is 7.04. The summed E-state index contributed by atoms with van der Waals surface area (Å²) in [6.07, 6.45) is 8.08. The van der Waals surface area contributed by atoms with Crippen LogP contribution in [-0.2, 0) is 0 Å². The summed E-state index contributed by atoms with van der Waals surface area (Å²) in [6, 6.07) is 0.268. The number of nitrogens with two attached hydrogens (primary N) is 1. The predicted molar refractivity (Wildman–Crippen MR) is 67.6 cm³/mol. The monoisotopic (exact) mass is 203 g/mol. The van der Waals surface area contributed by atoms with Crippen molar-refractivity contribution in [3.63, 3.8) is 0 Å². The highest BCUT2D eigenvalue weighted by Crippen LogP contribution is 2.27. The molecule has 0 aromatic heterocycles. The van der Waals surface area contributed by atoms with Crippen molar-refractivity contribution >= 4 is 0 Å². The van der Waals surface area contributed by atoms with Crippen LogP contribution < -0.4 is 5.73 Å².